The average Bonchev–Trinajstić information content (AvgIpc) is 2.84. The molecule has 0 bridgehead atoms. The van der Waals surface area contributed by atoms with Crippen molar-refractivity contribution in [2.45, 2.75) is 51.9 Å². The number of carbonyl (C=O) groups excluding carboxylic acids is 1. The summed E-state index contributed by atoms with van der Waals surface area (Å²) in [5, 5.41) is 3.42. The Labute approximate surface area is 217 Å². The molecule has 33 heavy (non-hydrogen) atoms. The molecule has 2 aliphatic rings. The van der Waals surface area contributed by atoms with Gasteiger partial charge < -0.3 is 19.9 Å². The highest BCUT2D eigenvalue weighted by molar-refractivity contribution is 14.0. The molecule has 2 aliphatic heterocycles. The molecular formula is C26H43IN4O2. The quantitative estimate of drug-likeness (QED) is 0.159. The molecule has 2 saturated heterocycles. The van der Waals surface area contributed by atoms with E-state index in [1.807, 2.05) is 0 Å². The summed E-state index contributed by atoms with van der Waals surface area (Å²) in [7, 11) is 1.48. The zero-order chi connectivity index (χ0) is 22.6. The predicted molar refractivity (Wildman–Crippen MR) is 146 cm³/mol. The molecule has 6 nitrogen and oxygen atoms in total. The van der Waals surface area contributed by atoms with Crippen molar-refractivity contribution in [1.29, 1.82) is 0 Å². The lowest BCUT2D eigenvalue weighted by Crippen LogP contribution is -2.46. The summed E-state index contributed by atoms with van der Waals surface area (Å²) in [6.07, 6.45) is 7.88. The fourth-order valence-electron chi connectivity index (χ4n) is 4.91. The van der Waals surface area contributed by atoms with Crippen LogP contribution in [0.2, 0.25) is 0 Å². The molecule has 0 amide bonds. The number of methoxy groups -OCH3 is 1. The van der Waals surface area contributed by atoms with E-state index >= 15 is 0 Å². The van der Waals surface area contributed by atoms with Gasteiger partial charge >= 0.3 is 5.97 Å². The van der Waals surface area contributed by atoms with E-state index in [2.05, 4.69) is 52.4 Å². The standard InChI is InChI=1S/C26H42N4O2.HI/c1-3-27-26(30-19-13-24(14-20-30)25(31)32-2)28-15-7-8-16-29-17-11-23(12-18-29)21-22-9-5-4-6-10-22;/h4-6,9-10,23-24H,3,7-8,11-21H2,1-2H3,(H,27,28);1H. The minimum Gasteiger partial charge on any atom is -0.469 e. The second-order valence-corrected chi connectivity index (χ2v) is 9.20. The molecule has 3 rings (SSSR count). The molecule has 7 heteroatoms. The van der Waals surface area contributed by atoms with Gasteiger partial charge in [-0.3, -0.25) is 9.79 Å². The van der Waals surface area contributed by atoms with E-state index in [9.17, 15) is 4.79 Å². The number of likely N-dealkylation sites (tertiary alicyclic amines) is 2. The SMILES string of the molecule is CCNC(=NCCCCN1CCC(Cc2ccccc2)CC1)N1CCC(C(=O)OC)CC1.I. The van der Waals surface area contributed by atoms with Gasteiger partial charge in [0, 0.05) is 26.2 Å². The third-order valence-electron chi connectivity index (χ3n) is 6.88. The molecular weight excluding hydrogens is 527 g/mol. The van der Waals surface area contributed by atoms with Gasteiger partial charge in [0.05, 0.1) is 13.0 Å². The lowest BCUT2D eigenvalue weighted by molar-refractivity contribution is -0.146. The van der Waals surface area contributed by atoms with Crippen LogP contribution < -0.4 is 5.32 Å². The van der Waals surface area contributed by atoms with Crippen LogP contribution in [0.1, 0.15) is 51.0 Å². The van der Waals surface area contributed by atoms with Crippen molar-refractivity contribution >= 4 is 35.9 Å². The molecule has 1 N–H and O–H groups in total. The summed E-state index contributed by atoms with van der Waals surface area (Å²) in [4.78, 5) is 21.5. The van der Waals surface area contributed by atoms with E-state index in [1.54, 1.807) is 0 Å². The number of carbonyl (C=O) groups is 1. The van der Waals surface area contributed by atoms with Gasteiger partial charge in [0.1, 0.15) is 0 Å². The molecule has 1 aromatic rings. The predicted octanol–water partition coefficient (Wildman–Crippen LogP) is 4.19. The van der Waals surface area contributed by atoms with E-state index in [0.29, 0.717) is 0 Å². The fraction of sp³-hybridized carbons (Fsp3) is 0.692. The first-order valence-electron chi connectivity index (χ1n) is 12.6. The number of ether oxygens (including phenoxy) is 1. The second kappa shape index (κ2) is 15.5. The van der Waals surface area contributed by atoms with Crippen molar-refractivity contribution in [3.8, 4) is 0 Å². The lowest BCUT2D eigenvalue weighted by atomic mass is 9.90. The summed E-state index contributed by atoms with van der Waals surface area (Å²) in [5.41, 5.74) is 1.48. The van der Waals surface area contributed by atoms with Gasteiger partial charge in [-0.1, -0.05) is 30.3 Å². The Bertz CT molecular complexity index is 700. The van der Waals surface area contributed by atoms with Crippen LogP contribution in [0.25, 0.3) is 0 Å². The van der Waals surface area contributed by atoms with Crippen molar-refractivity contribution in [3.05, 3.63) is 35.9 Å². The number of piperidine rings is 2. The molecule has 0 saturated carbocycles. The number of halogens is 1. The van der Waals surface area contributed by atoms with Crippen LogP contribution in [0, 0.1) is 11.8 Å². The highest BCUT2D eigenvalue weighted by atomic mass is 127. The van der Waals surface area contributed by atoms with E-state index in [0.717, 1.165) is 57.3 Å². The number of rotatable bonds is 9. The Balaban J connectivity index is 0.00000385. The zero-order valence-corrected chi connectivity index (χ0v) is 22.8. The highest BCUT2D eigenvalue weighted by Gasteiger charge is 2.27. The van der Waals surface area contributed by atoms with E-state index in [4.69, 9.17) is 9.73 Å². The van der Waals surface area contributed by atoms with Crippen molar-refractivity contribution in [1.82, 2.24) is 15.1 Å². The number of esters is 1. The summed E-state index contributed by atoms with van der Waals surface area (Å²) in [6.45, 7) is 9.23. The maximum absolute atomic E-state index is 11.8. The minimum absolute atomic E-state index is 0. The molecule has 186 valence electrons. The monoisotopic (exact) mass is 570 g/mol. The smallest absolute Gasteiger partial charge is 0.308 e. The second-order valence-electron chi connectivity index (χ2n) is 9.20. The molecule has 2 fully saturated rings. The van der Waals surface area contributed by atoms with Crippen molar-refractivity contribution in [3.63, 3.8) is 0 Å². The third kappa shape index (κ3) is 9.43. The number of hydrogen-bond donors (Lipinski definition) is 1. The Kier molecular flexibility index (Phi) is 13.1. The average molecular weight is 571 g/mol. The zero-order valence-electron chi connectivity index (χ0n) is 20.5. The Morgan fingerprint density at radius 3 is 2.39 bits per heavy atom. The van der Waals surface area contributed by atoms with Gasteiger partial charge in [-0.15, -0.1) is 24.0 Å². The van der Waals surface area contributed by atoms with Crippen LogP contribution in [0.3, 0.4) is 0 Å². The lowest BCUT2D eigenvalue weighted by Gasteiger charge is -2.33. The van der Waals surface area contributed by atoms with Crippen LogP contribution >= 0.6 is 24.0 Å². The molecule has 0 atom stereocenters. The summed E-state index contributed by atoms with van der Waals surface area (Å²) in [6, 6.07) is 10.9. The number of guanidine groups is 1. The van der Waals surface area contributed by atoms with Gasteiger partial charge in [0.15, 0.2) is 5.96 Å². The Hall–Kier alpha value is -1.35. The number of nitrogens with zero attached hydrogens (tertiary/aromatic N) is 3. The van der Waals surface area contributed by atoms with Crippen molar-refractivity contribution in [2.75, 3.05) is 52.9 Å². The number of unbranched alkanes of at least 4 members (excludes halogenated alkanes) is 1. The molecule has 0 aromatic heterocycles. The summed E-state index contributed by atoms with van der Waals surface area (Å²) < 4.78 is 4.90. The molecule has 1 aromatic carbocycles. The third-order valence-corrected chi connectivity index (χ3v) is 6.88. The maximum atomic E-state index is 11.8. The van der Waals surface area contributed by atoms with Crippen molar-refractivity contribution < 1.29 is 9.53 Å². The number of aliphatic imine (C=N–C) groups is 1. The first-order valence-corrected chi connectivity index (χ1v) is 12.6. The number of nitrogens with one attached hydrogen (secondary N) is 1. The largest absolute Gasteiger partial charge is 0.469 e. The van der Waals surface area contributed by atoms with E-state index in [-0.39, 0.29) is 35.9 Å². The van der Waals surface area contributed by atoms with Gasteiger partial charge in [0.2, 0.25) is 0 Å². The normalized spacial score (nSPS) is 18.6. The van der Waals surface area contributed by atoms with Gasteiger partial charge in [-0.25, -0.2) is 0 Å². The van der Waals surface area contributed by atoms with Gasteiger partial charge in [0.25, 0.3) is 0 Å². The first-order chi connectivity index (χ1) is 15.7. The number of benzene rings is 1. The molecule has 2 heterocycles. The Morgan fingerprint density at radius 1 is 1.06 bits per heavy atom. The summed E-state index contributed by atoms with van der Waals surface area (Å²) in [5.74, 6) is 1.80. The Morgan fingerprint density at radius 2 is 1.76 bits per heavy atom. The maximum Gasteiger partial charge on any atom is 0.308 e. The van der Waals surface area contributed by atoms with Gasteiger partial charge in [-0.05, 0) is 83.0 Å². The van der Waals surface area contributed by atoms with Crippen LogP contribution in [-0.2, 0) is 16.0 Å². The van der Waals surface area contributed by atoms with Crippen LogP contribution in [-0.4, -0.2) is 74.7 Å². The topological polar surface area (TPSA) is 57.2 Å². The van der Waals surface area contributed by atoms with Crippen LogP contribution in [0.5, 0.6) is 0 Å². The number of hydrogen-bond acceptors (Lipinski definition) is 4. The van der Waals surface area contributed by atoms with Crippen LogP contribution in [0.4, 0.5) is 0 Å². The molecule has 0 radical (unpaired) electrons. The molecule has 0 aliphatic carbocycles. The first kappa shape index (κ1) is 27.9. The molecule has 0 spiro atoms. The fourth-order valence-corrected chi connectivity index (χ4v) is 4.91. The van der Waals surface area contributed by atoms with Crippen LogP contribution in [0.15, 0.2) is 35.3 Å². The highest BCUT2D eigenvalue weighted by Crippen LogP contribution is 2.22. The molecule has 0 unspecified atom stereocenters. The van der Waals surface area contributed by atoms with E-state index < -0.39 is 0 Å². The van der Waals surface area contributed by atoms with Gasteiger partial charge in [-0.2, -0.15) is 0 Å². The minimum atomic E-state index is -0.0734. The summed E-state index contributed by atoms with van der Waals surface area (Å²) >= 11 is 0. The van der Waals surface area contributed by atoms with Crippen molar-refractivity contribution in [2.24, 2.45) is 16.8 Å². The van der Waals surface area contributed by atoms with E-state index in [1.165, 1.54) is 58.0 Å².